The van der Waals surface area contributed by atoms with Gasteiger partial charge in [0.2, 0.25) is 0 Å². The summed E-state index contributed by atoms with van der Waals surface area (Å²) in [5.74, 6) is 2.03. The third kappa shape index (κ3) is 3.81. The molecule has 0 bridgehead atoms. The van der Waals surface area contributed by atoms with E-state index in [0.29, 0.717) is 18.4 Å². The fourth-order valence-corrected chi connectivity index (χ4v) is 1.84. The highest BCUT2D eigenvalue weighted by Gasteiger charge is 2.20. The zero-order chi connectivity index (χ0) is 9.68. The van der Waals surface area contributed by atoms with Crippen molar-refractivity contribution in [3.8, 4) is 0 Å². The summed E-state index contributed by atoms with van der Waals surface area (Å²) in [5.41, 5.74) is 0. The Morgan fingerprint density at radius 3 is 2.31 bits per heavy atom. The third-order valence-electron chi connectivity index (χ3n) is 2.79. The van der Waals surface area contributed by atoms with Gasteiger partial charge >= 0.3 is 0 Å². The van der Waals surface area contributed by atoms with Gasteiger partial charge < -0.3 is 9.84 Å². The van der Waals surface area contributed by atoms with Crippen LogP contribution in [0.25, 0.3) is 0 Å². The van der Waals surface area contributed by atoms with Crippen molar-refractivity contribution >= 4 is 0 Å². The molecule has 0 spiro atoms. The molecule has 0 aromatic heterocycles. The van der Waals surface area contributed by atoms with Crippen LogP contribution < -0.4 is 0 Å². The van der Waals surface area contributed by atoms with Crippen molar-refractivity contribution in [2.45, 2.75) is 32.6 Å². The van der Waals surface area contributed by atoms with E-state index in [4.69, 9.17) is 9.84 Å². The molecule has 0 aliphatic heterocycles. The molecule has 2 nitrogen and oxygen atoms in total. The third-order valence-corrected chi connectivity index (χ3v) is 2.79. The second kappa shape index (κ2) is 5.28. The quantitative estimate of drug-likeness (QED) is 0.679. The summed E-state index contributed by atoms with van der Waals surface area (Å²) in [6.07, 6.45) is 4.69. The lowest BCUT2D eigenvalue weighted by molar-refractivity contribution is 0.110. The molecule has 1 N–H and O–H groups in total. The van der Waals surface area contributed by atoms with Crippen LogP contribution in [0, 0.1) is 11.8 Å². The van der Waals surface area contributed by atoms with Crippen LogP contribution in [0.2, 0.25) is 0 Å². The van der Waals surface area contributed by atoms with E-state index in [1.807, 2.05) is 6.92 Å². The van der Waals surface area contributed by atoms with E-state index in [0.717, 1.165) is 25.2 Å². The van der Waals surface area contributed by atoms with Crippen molar-refractivity contribution in [2.75, 3.05) is 13.2 Å². The first kappa shape index (κ1) is 10.6. The van der Waals surface area contributed by atoms with Gasteiger partial charge in [-0.2, -0.15) is 0 Å². The van der Waals surface area contributed by atoms with Crippen molar-refractivity contribution in [1.82, 2.24) is 0 Å². The Morgan fingerprint density at radius 2 is 1.85 bits per heavy atom. The number of aliphatic hydroxyl groups excluding tert-OH is 1. The molecule has 1 rings (SSSR count). The predicted octanol–water partition coefficient (Wildman–Crippen LogP) is 2.34. The van der Waals surface area contributed by atoms with Gasteiger partial charge in [-0.3, -0.25) is 0 Å². The van der Waals surface area contributed by atoms with Crippen LogP contribution in [-0.4, -0.2) is 18.3 Å². The standard InChI is InChI=1S/C11H20O2/c1-9(2)13-8-11-5-3-10(7-12)4-6-11/h10-12H,1,3-8H2,2H3. The average molecular weight is 184 g/mol. The van der Waals surface area contributed by atoms with Gasteiger partial charge in [-0.25, -0.2) is 0 Å². The van der Waals surface area contributed by atoms with E-state index in [1.54, 1.807) is 0 Å². The van der Waals surface area contributed by atoms with E-state index >= 15 is 0 Å². The van der Waals surface area contributed by atoms with Gasteiger partial charge in [-0.15, -0.1) is 0 Å². The lowest BCUT2D eigenvalue weighted by Gasteiger charge is -2.27. The highest BCUT2D eigenvalue weighted by molar-refractivity contribution is 4.77. The minimum absolute atomic E-state index is 0.355. The van der Waals surface area contributed by atoms with Crippen LogP contribution in [0.1, 0.15) is 32.6 Å². The van der Waals surface area contributed by atoms with Crippen molar-refractivity contribution in [3.05, 3.63) is 12.3 Å². The Kier molecular flexibility index (Phi) is 4.29. The molecule has 1 fully saturated rings. The summed E-state index contributed by atoms with van der Waals surface area (Å²) >= 11 is 0. The highest BCUT2D eigenvalue weighted by Crippen LogP contribution is 2.28. The second-order valence-corrected chi connectivity index (χ2v) is 4.08. The first-order valence-electron chi connectivity index (χ1n) is 5.11. The molecule has 0 unspecified atom stereocenters. The molecule has 0 radical (unpaired) electrons. The van der Waals surface area contributed by atoms with E-state index < -0.39 is 0 Å². The molecular weight excluding hydrogens is 164 g/mol. The predicted molar refractivity (Wildman–Crippen MR) is 53.3 cm³/mol. The van der Waals surface area contributed by atoms with Gasteiger partial charge in [-0.1, -0.05) is 6.58 Å². The van der Waals surface area contributed by atoms with Crippen LogP contribution in [0.15, 0.2) is 12.3 Å². The molecule has 0 atom stereocenters. The number of aliphatic hydroxyl groups is 1. The minimum atomic E-state index is 0.355. The SMILES string of the molecule is C=C(C)OCC1CCC(CO)CC1. The molecule has 0 saturated heterocycles. The first-order chi connectivity index (χ1) is 6.22. The average Bonchev–Trinajstić information content (AvgIpc) is 2.15. The van der Waals surface area contributed by atoms with Crippen LogP contribution in [0.5, 0.6) is 0 Å². The van der Waals surface area contributed by atoms with Crippen LogP contribution in [0.4, 0.5) is 0 Å². The molecule has 13 heavy (non-hydrogen) atoms. The molecule has 0 aromatic carbocycles. The largest absolute Gasteiger partial charge is 0.499 e. The molecule has 1 aliphatic carbocycles. The van der Waals surface area contributed by atoms with Crippen molar-refractivity contribution in [1.29, 1.82) is 0 Å². The van der Waals surface area contributed by atoms with E-state index in [9.17, 15) is 0 Å². The van der Waals surface area contributed by atoms with Gasteiger partial charge in [0.05, 0.1) is 12.4 Å². The number of rotatable bonds is 4. The molecule has 0 aromatic rings. The zero-order valence-corrected chi connectivity index (χ0v) is 8.46. The second-order valence-electron chi connectivity index (χ2n) is 4.08. The Balaban J connectivity index is 2.14. The van der Waals surface area contributed by atoms with Gasteiger partial charge in [0.15, 0.2) is 0 Å². The summed E-state index contributed by atoms with van der Waals surface area (Å²) in [5, 5.41) is 8.95. The molecule has 76 valence electrons. The maximum absolute atomic E-state index is 8.95. The summed E-state index contributed by atoms with van der Waals surface area (Å²) in [7, 11) is 0. The number of hydrogen-bond donors (Lipinski definition) is 1. The molecule has 0 heterocycles. The number of hydrogen-bond acceptors (Lipinski definition) is 2. The van der Waals surface area contributed by atoms with Crippen molar-refractivity contribution in [2.24, 2.45) is 11.8 Å². The van der Waals surface area contributed by atoms with Gasteiger partial charge in [-0.05, 0) is 44.4 Å². The topological polar surface area (TPSA) is 29.5 Å². The van der Waals surface area contributed by atoms with Crippen LogP contribution >= 0.6 is 0 Å². The molecule has 2 heteroatoms. The minimum Gasteiger partial charge on any atom is -0.499 e. The monoisotopic (exact) mass is 184 g/mol. The van der Waals surface area contributed by atoms with Crippen molar-refractivity contribution in [3.63, 3.8) is 0 Å². The lowest BCUT2D eigenvalue weighted by Crippen LogP contribution is -2.20. The fourth-order valence-electron chi connectivity index (χ4n) is 1.84. The highest BCUT2D eigenvalue weighted by atomic mass is 16.5. The Labute approximate surface area is 80.6 Å². The Morgan fingerprint density at radius 1 is 1.31 bits per heavy atom. The molecule has 0 amide bonds. The maximum Gasteiger partial charge on any atom is 0.0905 e. The number of ether oxygens (including phenoxy) is 1. The summed E-state index contributed by atoms with van der Waals surface area (Å²) in [4.78, 5) is 0. The van der Waals surface area contributed by atoms with Gasteiger partial charge in [0.25, 0.3) is 0 Å². The van der Waals surface area contributed by atoms with Crippen LogP contribution in [-0.2, 0) is 4.74 Å². The smallest absolute Gasteiger partial charge is 0.0905 e. The summed E-state index contributed by atoms with van der Waals surface area (Å²) in [6, 6.07) is 0. The summed E-state index contributed by atoms with van der Waals surface area (Å²) < 4.78 is 5.39. The van der Waals surface area contributed by atoms with E-state index in [1.165, 1.54) is 12.8 Å². The normalized spacial score (nSPS) is 28.5. The zero-order valence-electron chi connectivity index (χ0n) is 8.46. The fraction of sp³-hybridized carbons (Fsp3) is 0.818. The Hall–Kier alpha value is -0.500. The number of allylic oxidation sites excluding steroid dienone is 1. The molecule has 1 saturated carbocycles. The van der Waals surface area contributed by atoms with E-state index in [2.05, 4.69) is 6.58 Å². The van der Waals surface area contributed by atoms with Gasteiger partial charge in [0, 0.05) is 6.61 Å². The Bertz CT molecular complexity index is 157. The first-order valence-corrected chi connectivity index (χ1v) is 5.11. The van der Waals surface area contributed by atoms with E-state index in [-0.39, 0.29) is 0 Å². The molecule has 1 aliphatic rings. The molecular formula is C11H20O2. The maximum atomic E-state index is 8.95. The summed E-state index contributed by atoms with van der Waals surface area (Å²) in [6.45, 7) is 6.76. The van der Waals surface area contributed by atoms with Gasteiger partial charge in [0.1, 0.15) is 0 Å². The van der Waals surface area contributed by atoms with Crippen LogP contribution in [0.3, 0.4) is 0 Å². The van der Waals surface area contributed by atoms with Crippen molar-refractivity contribution < 1.29 is 9.84 Å². The lowest BCUT2D eigenvalue weighted by atomic mass is 9.83.